The minimum atomic E-state index is 0.302. The third-order valence-electron chi connectivity index (χ3n) is 3.66. The summed E-state index contributed by atoms with van der Waals surface area (Å²) >= 11 is 0. The van der Waals surface area contributed by atoms with Gasteiger partial charge in [-0.05, 0) is 50.2 Å². The quantitative estimate of drug-likeness (QED) is 0.474. The molecule has 0 fully saturated rings. The van der Waals surface area contributed by atoms with Crippen molar-refractivity contribution in [1.29, 1.82) is 0 Å². The van der Waals surface area contributed by atoms with Gasteiger partial charge in [0.05, 0.1) is 0 Å². The molecule has 0 heterocycles. The lowest BCUT2D eigenvalue weighted by Crippen LogP contribution is -2.38. The van der Waals surface area contributed by atoms with Crippen LogP contribution in [0.5, 0.6) is 0 Å². The van der Waals surface area contributed by atoms with Gasteiger partial charge >= 0.3 is 0 Å². The second-order valence-corrected chi connectivity index (χ2v) is 4.87. The number of hydrazine groups is 1. The zero-order valence-corrected chi connectivity index (χ0v) is 10.6. The van der Waals surface area contributed by atoms with E-state index in [1.165, 1.54) is 42.4 Å². The van der Waals surface area contributed by atoms with Crippen LogP contribution >= 0.6 is 0 Å². The topological polar surface area (TPSA) is 38.0 Å². The second kappa shape index (κ2) is 5.99. The van der Waals surface area contributed by atoms with Crippen LogP contribution in [0.4, 0.5) is 0 Å². The van der Waals surface area contributed by atoms with Gasteiger partial charge in [0.15, 0.2) is 0 Å². The molecule has 0 radical (unpaired) electrons. The van der Waals surface area contributed by atoms with Gasteiger partial charge in [0.2, 0.25) is 0 Å². The molecule has 2 rings (SSSR count). The summed E-state index contributed by atoms with van der Waals surface area (Å²) in [5, 5.41) is 0. The molecule has 2 nitrogen and oxygen atoms in total. The lowest BCUT2D eigenvalue weighted by Gasteiger charge is -2.23. The molecule has 1 aromatic rings. The highest BCUT2D eigenvalue weighted by Gasteiger charge is 2.15. The molecule has 0 aromatic heterocycles. The van der Waals surface area contributed by atoms with Crippen molar-refractivity contribution in [2.24, 2.45) is 5.84 Å². The highest BCUT2D eigenvalue weighted by molar-refractivity contribution is 5.28. The summed E-state index contributed by atoms with van der Waals surface area (Å²) in [6, 6.07) is 8.85. The van der Waals surface area contributed by atoms with Gasteiger partial charge in [-0.15, -0.1) is 0 Å². The van der Waals surface area contributed by atoms with E-state index in [4.69, 9.17) is 5.84 Å². The van der Waals surface area contributed by atoms with Crippen LogP contribution in [-0.2, 0) is 6.42 Å². The summed E-state index contributed by atoms with van der Waals surface area (Å²) in [4.78, 5) is 0. The summed E-state index contributed by atoms with van der Waals surface area (Å²) in [5.74, 6) is 5.71. The standard InChI is InChI=1S/C15H22N2/c1-12-7-5-6-10-14(12)11-15(17-16)13-8-3-2-4-9-13/h5-8,10,15,17H,2-4,9,11,16H2,1H3. The van der Waals surface area contributed by atoms with Crippen LogP contribution in [-0.4, -0.2) is 6.04 Å². The van der Waals surface area contributed by atoms with Crippen molar-refractivity contribution in [3.05, 3.63) is 47.0 Å². The fraction of sp³-hybridized carbons (Fsp3) is 0.467. The Hall–Kier alpha value is -1.12. The third kappa shape index (κ3) is 3.18. The maximum Gasteiger partial charge on any atom is 0.0460 e. The van der Waals surface area contributed by atoms with Crippen molar-refractivity contribution in [2.45, 2.75) is 45.1 Å². The van der Waals surface area contributed by atoms with Crippen molar-refractivity contribution in [3.63, 3.8) is 0 Å². The van der Waals surface area contributed by atoms with Crippen molar-refractivity contribution >= 4 is 0 Å². The zero-order valence-electron chi connectivity index (χ0n) is 10.6. The Morgan fingerprint density at radius 3 is 2.76 bits per heavy atom. The Labute approximate surface area is 104 Å². The first-order valence-corrected chi connectivity index (χ1v) is 6.51. The molecule has 0 amide bonds. The van der Waals surface area contributed by atoms with Gasteiger partial charge in [0, 0.05) is 6.04 Å². The van der Waals surface area contributed by atoms with Crippen molar-refractivity contribution < 1.29 is 0 Å². The fourth-order valence-corrected chi connectivity index (χ4v) is 2.54. The number of aryl methyl sites for hydroxylation is 1. The zero-order chi connectivity index (χ0) is 12.1. The molecule has 0 saturated carbocycles. The Balaban J connectivity index is 2.09. The molecule has 1 aliphatic carbocycles. The molecule has 1 unspecified atom stereocenters. The molecular formula is C15H22N2. The van der Waals surface area contributed by atoms with Crippen LogP contribution in [0.1, 0.15) is 36.8 Å². The summed E-state index contributed by atoms with van der Waals surface area (Å²) in [5.41, 5.74) is 7.21. The van der Waals surface area contributed by atoms with Gasteiger partial charge in [-0.1, -0.05) is 35.9 Å². The molecule has 3 N–H and O–H groups in total. The third-order valence-corrected chi connectivity index (χ3v) is 3.66. The summed E-state index contributed by atoms with van der Waals surface area (Å²) in [6.45, 7) is 2.16. The van der Waals surface area contributed by atoms with Crippen LogP contribution in [0, 0.1) is 6.92 Å². The van der Waals surface area contributed by atoms with Crippen molar-refractivity contribution in [1.82, 2.24) is 5.43 Å². The number of nitrogens with two attached hydrogens (primary N) is 1. The maximum absolute atomic E-state index is 5.71. The first kappa shape index (κ1) is 12.3. The summed E-state index contributed by atoms with van der Waals surface area (Å²) < 4.78 is 0. The lowest BCUT2D eigenvalue weighted by atomic mass is 9.89. The van der Waals surface area contributed by atoms with Crippen LogP contribution < -0.4 is 11.3 Å². The molecule has 17 heavy (non-hydrogen) atoms. The predicted octanol–water partition coefficient (Wildman–Crippen LogP) is 2.87. The average molecular weight is 230 g/mol. The van der Waals surface area contributed by atoms with Crippen molar-refractivity contribution in [2.75, 3.05) is 0 Å². The highest BCUT2D eigenvalue weighted by Crippen LogP contribution is 2.22. The predicted molar refractivity (Wildman–Crippen MR) is 72.5 cm³/mol. The highest BCUT2D eigenvalue weighted by atomic mass is 15.2. The summed E-state index contributed by atoms with van der Waals surface area (Å²) in [6.07, 6.45) is 8.40. The summed E-state index contributed by atoms with van der Waals surface area (Å²) in [7, 11) is 0. The lowest BCUT2D eigenvalue weighted by molar-refractivity contribution is 0.542. The fourth-order valence-electron chi connectivity index (χ4n) is 2.54. The minimum Gasteiger partial charge on any atom is -0.271 e. The number of hydrogen-bond donors (Lipinski definition) is 2. The Morgan fingerprint density at radius 1 is 1.29 bits per heavy atom. The second-order valence-electron chi connectivity index (χ2n) is 4.87. The molecule has 2 heteroatoms. The maximum atomic E-state index is 5.71. The van der Waals surface area contributed by atoms with E-state index in [0.717, 1.165) is 6.42 Å². The van der Waals surface area contributed by atoms with E-state index >= 15 is 0 Å². The van der Waals surface area contributed by atoms with Crippen molar-refractivity contribution in [3.8, 4) is 0 Å². The van der Waals surface area contributed by atoms with E-state index in [1.807, 2.05) is 0 Å². The number of rotatable bonds is 4. The van der Waals surface area contributed by atoms with Crippen LogP contribution in [0.3, 0.4) is 0 Å². The molecule has 1 aliphatic rings. The molecular weight excluding hydrogens is 208 g/mol. The van der Waals surface area contributed by atoms with E-state index in [2.05, 4.69) is 42.7 Å². The molecule has 0 aliphatic heterocycles. The van der Waals surface area contributed by atoms with Gasteiger partial charge in [-0.25, -0.2) is 0 Å². The largest absolute Gasteiger partial charge is 0.271 e. The van der Waals surface area contributed by atoms with E-state index in [1.54, 1.807) is 0 Å². The van der Waals surface area contributed by atoms with E-state index in [-0.39, 0.29) is 0 Å². The molecule has 1 atom stereocenters. The Kier molecular flexibility index (Phi) is 4.35. The Bertz CT molecular complexity index is 396. The number of hydrogen-bond acceptors (Lipinski definition) is 2. The monoisotopic (exact) mass is 230 g/mol. The molecule has 0 saturated heterocycles. The van der Waals surface area contributed by atoms with Crippen LogP contribution in [0.25, 0.3) is 0 Å². The number of allylic oxidation sites excluding steroid dienone is 1. The SMILES string of the molecule is Cc1ccccc1CC(NN)C1=CCCCC1. The smallest absolute Gasteiger partial charge is 0.0460 e. The number of nitrogens with one attached hydrogen (secondary N) is 1. The van der Waals surface area contributed by atoms with Gasteiger partial charge in [0.1, 0.15) is 0 Å². The molecule has 1 aromatic carbocycles. The van der Waals surface area contributed by atoms with Gasteiger partial charge in [-0.2, -0.15) is 0 Å². The minimum absolute atomic E-state index is 0.302. The van der Waals surface area contributed by atoms with Gasteiger partial charge in [-0.3, -0.25) is 11.3 Å². The van der Waals surface area contributed by atoms with Gasteiger partial charge < -0.3 is 0 Å². The van der Waals surface area contributed by atoms with E-state index < -0.39 is 0 Å². The first-order valence-electron chi connectivity index (χ1n) is 6.51. The van der Waals surface area contributed by atoms with Gasteiger partial charge in [0.25, 0.3) is 0 Å². The molecule has 0 spiro atoms. The molecule has 92 valence electrons. The average Bonchev–Trinajstić information content (AvgIpc) is 2.39. The molecule has 0 bridgehead atoms. The van der Waals surface area contributed by atoms with Crippen LogP contribution in [0.15, 0.2) is 35.9 Å². The number of benzene rings is 1. The first-order chi connectivity index (χ1) is 8.31. The van der Waals surface area contributed by atoms with E-state index in [9.17, 15) is 0 Å². The van der Waals surface area contributed by atoms with E-state index in [0.29, 0.717) is 6.04 Å². The normalized spacial score (nSPS) is 17.6. The Morgan fingerprint density at radius 2 is 2.12 bits per heavy atom. The van der Waals surface area contributed by atoms with Crippen LogP contribution in [0.2, 0.25) is 0 Å².